The molecule has 0 aliphatic carbocycles. The van der Waals surface area contributed by atoms with Gasteiger partial charge >= 0.3 is 0 Å². The van der Waals surface area contributed by atoms with E-state index in [0.29, 0.717) is 16.5 Å². The third kappa shape index (κ3) is 2.92. The summed E-state index contributed by atoms with van der Waals surface area (Å²) in [5.74, 6) is 0.415. The van der Waals surface area contributed by atoms with Crippen LogP contribution in [0.4, 0.5) is 5.82 Å². The molecule has 0 unspecified atom stereocenters. The summed E-state index contributed by atoms with van der Waals surface area (Å²) >= 11 is 0. The number of sulfonamides is 1. The Bertz CT molecular complexity index is 1040. The molecule has 3 rings (SSSR count). The van der Waals surface area contributed by atoms with Crippen molar-refractivity contribution in [1.29, 1.82) is 0 Å². The summed E-state index contributed by atoms with van der Waals surface area (Å²) in [5, 5.41) is 4.91. The lowest BCUT2D eigenvalue weighted by atomic mass is 10.2. The normalized spacial score (nSPS) is 11.7. The molecular formula is C16H19N5O3S. The van der Waals surface area contributed by atoms with Gasteiger partial charge in [-0.3, -0.25) is 14.4 Å². The molecule has 0 saturated heterocycles. The molecular weight excluding hydrogens is 342 g/mol. The third-order valence-electron chi connectivity index (χ3n) is 4.07. The highest BCUT2D eigenvalue weighted by atomic mass is 32.2. The number of hydrogen-bond acceptors (Lipinski definition) is 6. The molecule has 0 amide bonds. The number of anilines is 1. The van der Waals surface area contributed by atoms with Gasteiger partial charge in [0.2, 0.25) is 0 Å². The topological polar surface area (TPSA) is 112 Å². The Labute approximate surface area is 145 Å². The molecule has 132 valence electrons. The quantitative estimate of drug-likeness (QED) is 0.713. The summed E-state index contributed by atoms with van der Waals surface area (Å²) in [5.41, 5.74) is 7.51. The molecule has 0 radical (unpaired) electrons. The van der Waals surface area contributed by atoms with Gasteiger partial charge in [0.25, 0.3) is 10.0 Å². The van der Waals surface area contributed by atoms with Crippen LogP contribution in [0.3, 0.4) is 0 Å². The summed E-state index contributed by atoms with van der Waals surface area (Å²) in [4.78, 5) is 4.19. The van der Waals surface area contributed by atoms with E-state index >= 15 is 0 Å². The first-order valence-corrected chi connectivity index (χ1v) is 9.04. The van der Waals surface area contributed by atoms with Crippen molar-refractivity contribution in [2.75, 3.05) is 11.8 Å². The Kier molecular flexibility index (Phi) is 4.36. The van der Waals surface area contributed by atoms with Gasteiger partial charge in [0, 0.05) is 36.4 Å². The molecule has 0 spiro atoms. The second-order valence-corrected chi connectivity index (χ2v) is 7.14. The molecule has 0 aliphatic rings. The maximum atomic E-state index is 13.1. The zero-order valence-electron chi connectivity index (χ0n) is 14.1. The third-order valence-corrected chi connectivity index (χ3v) is 5.47. The summed E-state index contributed by atoms with van der Waals surface area (Å²) in [6.07, 6.45) is 1.54. The first-order chi connectivity index (χ1) is 11.9. The van der Waals surface area contributed by atoms with Crippen LogP contribution >= 0.6 is 0 Å². The van der Waals surface area contributed by atoms with Gasteiger partial charge < -0.3 is 10.5 Å². The second-order valence-electron chi connectivity index (χ2n) is 5.52. The number of nitrogens with two attached hydrogens (primary N) is 1. The van der Waals surface area contributed by atoms with Crippen molar-refractivity contribution in [3.63, 3.8) is 0 Å². The smallest absolute Gasteiger partial charge is 0.268 e. The number of nitrogens with one attached hydrogen (secondary N) is 1. The standard InChI is InChI=1S/C16H19N5O3S/c1-10-12(9-17)16(19-21(10)2)20-25(22,23)15-13(24-3)7-6-11-5-4-8-18-14(11)15/h4-8H,9,17H2,1-3H3,(H,19,20). The van der Waals surface area contributed by atoms with Gasteiger partial charge in [0.15, 0.2) is 10.7 Å². The van der Waals surface area contributed by atoms with E-state index in [0.717, 1.165) is 5.69 Å². The lowest BCUT2D eigenvalue weighted by Gasteiger charge is -2.13. The number of nitrogens with zero attached hydrogens (tertiary/aromatic N) is 3. The molecule has 3 aromatic rings. The Morgan fingerprint density at radius 3 is 2.76 bits per heavy atom. The fourth-order valence-corrected chi connectivity index (χ4v) is 4.04. The zero-order chi connectivity index (χ0) is 18.2. The molecule has 9 heteroatoms. The summed E-state index contributed by atoms with van der Waals surface area (Å²) in [6.45, 7) is 2.00. The highest BCUT2D eigenvalue weighted by molar-refractivity contribution is 7.93. The molecule has 0 atom stereocenters. The Balaban J connectivity index is 2.19. The SMILES string of the molecule is COc1ccc2cccnc2c1S(=O)(=O)Nc1nn(C)c(C)c1CN. The van der Waals surface area contributed by atoms with Crippen LogP contribution in [0.1, 0.15) is 11.3 Å². The molecule has 0 fully saturated rings. The van der Waals surface area contributed by atoms with Crippen molar-refractivity contribution in [3.8, 4) is 5.75 Å². The minimum atomic E-state index is -3.99. The largest absolute Gasteiger partial charge is 0.495 e. The van der Waals surface area contributed by atoms with E-state index in [-0.39, 0.29) is 23.0 Å². The van der Waals surface area contributed by atoms with E-state index in [2.05, 4.69) is 14.8 Å². The van der Waals surface area contributed by atoms with Gasteiger partial charge in [-0.05, 0) is 25.1 Å². The highest BCUT2D eigenvalue weighted by Crippen LogP contribution is 2.32. The predicted molar refractivity (Wildman–Crippen MR) is 94.9 cm³/mol. The maximum absolute atomic E-state index is 13.1. The average Bonchev–Trinajstić information content (AvgIpc) is 2.86. The lowest BCUT2D eigenvalue weighted by molar-refractivity contribution is 0.404. The number of rotatable bonds is 5. The molecule has 8 nitrogen and oxygen atoms in total. The van der Waals surface area contributed by atoms with Gasteiger partial charge in [-0.25, -0.2) is 8.42 Å². The van der Waals surface area contributed by atoms with Gasteiger partial charge in [-0.2, -0.15) is 5.10 Å². The van der Waals surface area contributed by atoms with Crippen molar-refractivity contribution >= 4 is 26.7 Å². The molecule has 0 aliphatic heterocycles. The number of benzene rings is 1. The first-order valence-electron chi connectivity index (χ1n) is 7.56. The van der Waals surface area contributed by atoms with Gasteiger partial charge in [-0.1, -0.05) is 6.07 Å². The van der Waals surface area contributed by atoms with Crippen LogP contribution < -0.4 is 15.2 Å². The van der Waals surface area contributed by atoms with Crippen LogP contribution in [0.25, 0.3) is 10.9 Å². The molecule has 2 aromatic heterocycles. The first kappa shape index (κ1) is 17.2. The van der Waals surface area contributed by atoms with Gasteiger partial charge in [0.1, 0.15) is 5.75 Å². The number of aryl methyl sites for hydroxylation is 1. The van der Waals surface area contributed by atoms with Crippen molar-refractivity contribution in [3.05, 3.63) is 41.7 Å². The zero-order valence-corrected chi connectivity index (χ0v) is 15.0. The number of fused-ring (bicyclic) bond motifs is 1. The van der Waals surface area contributed by atoms with Crippen molar-refractivity contribution < 1.29 is 13.2 Å². The van der Waals surface area contributed by atoms with Gasteiger partial charge in [-0.15, -0.1) is 0 Å². The van der Waals surface area contributed by atoms with Crippen LogP contribution in [-0.2, 0) is 23.6 Å². The lowest BCUT2D eigenvalue weighted by Crippen LogP contribution is -2.17. The van der Waals surface area contributed by atoms with Crippen LogP contribution in [-0.4, -0.2) is 30.3 Å². The van der Waals surface area contributed by atoms with Crippen molar-refractivity contribution in [2.24, 2.45) is 12.8 Å². The summed E-state index contributed by atoms with van der Waals surface area (Å²) < 4.78 is 35.5. The fourth-order valence-electron chi connectivity index (χ4n) is 2.68. The summed E-state index contributed by atoms with van der Waals surface area (Å²) in [7, 11) is -0.843. The number of aromatic nitrogens is 3. The number of hydrogen-bond donors (Lipinski definition) is 2. The summed E-state index contributed by atoms with van der Waals surface area (Å²) in [6, 6.07) is 6.90. The molecule has 1 aromatic carbocycles. The minimum Gasteiger partial charge on any atom is -0.495 e. The number of ether oxygens (including phenoxy) is 1. The van der Waals surface area contributed by atoms with Gasteiger partial charge in [0.05, 0.1) is 12.6 Å². The van der Waals surface area contributed by atoms with E-state index in [1.54, 1.807) is 36.0 Å². The van der Waals surface area contributed by atoms with E-state index in [9.17, 15) is 8.42 Å². The Morgan fingerprint density at radius 1 is 1.32 bits per heavy atom. The fraction of sp³-hybridized carbons (Fsp3) is 0.250. The average molecular weight is 361 g/mol. The van der Waals surface area contributed by atoms with Crippen molar-refractivity contribution in [2.45, 2.75) is 18.4 Å². The second kappa shape index (κ2) is 6.34. The minimum absolute atomic E-state index is 0.0284. The Hall–Kier alpha value is -2.65. The Morgan fingerprint density at radius 2 is 2.08 bits per heavy atom. The molecule has 2 heterocycles. The predicted octanol–water partition coefficient (Wildman–Crippen LogP) is 1.54. The van der Waals surface area contributed by atoms with Crippen LogP contribution in [0.5, 0.6) is 5.75 Å². The van der Waals surface area contributed by atoms with Crippen LogP contribution in [0.2, 0.25) is 0 Å². The van der Waals surface area contributed by atoms with E-state index < -0.39 is 10.0 Å². The van der Waals surface area contributed by atoms with E-state index in [4.69, 9.17) is 10.5 Å². The molecule has 0 saturated carbocycles. The monoisotopic (exact) mass is 361 g/mol. The number of methoxy groups -OCH3 is 1. The molecule has 25 heavy (non-hydrogen) atoms. The number of pyridine rings is 1. The highest BCUT2D eigenvalue weighted by Gasteiger charge is 2.26. The van der Waals surface area contributed by atoms with E-state index in [1.165, 1.54) is 13.3 Å². The molecule has 3 N–H and O–H groups in total. The van der Waals surface area contributed by atoms with Crippen LogP contribution in [0, 0.1) is 6.92 Å². The maximum Gasteiger partial charge on any atom is 0.268 e. The van der Waals surface area contributed by atoms with Crippen LogP contribution in [0.15, 0.2) is 35.4 Å². The molecule has 0 bridgehead atoms. The van der Waals surface area contributed by atoms with Crippen molar-refractivity contribution in [1.82, 2.24) is 14.8 Å². The van der Waals surface area contributed by atoms with E-state index in [1.807, 2.05) is 6.92 Å².